The second kappa shape index (κ2) is 16.4. The van der Waals surface area contributed by atoms with Crippen molar-refractivity contribution < 1.29 is 19.1 Å². The summed E-state index contributed by atoms with van der Waals surface area (Å²) in [5.41, 5.74) is 0. The maximum atomic E-state index is 11.8. The molecular formula is C21H40O4. The van der Waals surface area contributed by atoms with Crippen molar-refractivity contribution in [2.75, 3.05) is 6.61 Å². The molecule has 0 aliphatic rings. The number of hydrogen-bond donors (Lipinski definition) is 0. The summed E-state index contributed by atoms with van der Waals surface area (Å²) in [5, 5.41) is 0. The van der Waals surface area contributed by atoms with E-state index in [1.54, 1.807) is 0 Å². The largest absolute Gasteiger partial charge is 0.465 e. The molecule has 0 heterocycles. The van der Waals surface area contributed by atoms with Crippen LogP contribution in [-0.2, 0) is 19.1 Å². The fraction of sp³-hybridized carbons (Fsp3) is 0.905. The number of esters is 2. The lowest BCUT2D eigenvalue weighted by atomic mass is 10.1. The van der Waals surface area contributed by atoms with Gasteiger partial charge in [0.05, 0.1) is 12.7 Å². The van der Waals surface area contributed by atoms with Gasteiger partial charge in [-0.25, -0.2) is 0 Å². The Morgan fingerprint density at radius 3 is 2.08 bits per heavy atom. The second-order valence-corrected chi connectivity index (χ2v) is 7.29. The van der Waals surface area contributed by atoms with Crippen LogP contribution in [0, 0.1) is 5.92 Å². The van der Waals surface area contributed by atoms with E-state index in [0.29, 0.717) is 31.8 Å². The maximum absolute atomic E-state index is 11.8. The summed E-state index contributed by atoms with van der Waals surface area (Å²) in [4.78, 5) is 23.4. The van der Waals surface area contributed by atoms with Gasteiger partial charge in [-0.15, -0.1) is 0 Å². The second-order valence-electron chi connectivity index (χ2n) is 7.29. The molecule has 0 radical (unpaired) electrons. The van der Waals surface area contributed by atoms with Gasteiger partial charge >= 0.3 is 11.9 Å². The summed E-state index contributed by atoms with van der Waals surface area (Å²) in [6, 6.07) is 0. The maximum Gasteiger partial charge on any atom is 0.306 e. The molecule has 0 aliphatic carbocycles. The van der Waals surface area contributed by atoms with E-state index in [9.17, 15) is 9.59 Å². The van der Waals surface area contributed by atoms with E-state index in [0.717, 1.165) is 25.7 Å². The zero-order chi connectivity index (χ0) is 18.9. The van der Waals surface area contributed by atoms with Gasteiger partial charge in [-0.2, -0.15) is 0 Å². The molecule has 4 heteroatoms. The zero-order valence-corrected chi connectivity index (χ0v) is 17.0. The van der Waals surface area contributed by atoms with Crippen LogP contribution in [0.2, 0.25) is 0 Å². The molecule has 2 unspecified atom stereocenters. The molecule has 0 aromatic carbocycles. The third-order valence-electron chi connectivity index (χ3n) is 4.37. The number of carbonyl (C=O) groups excluding carboxylic acids is 2. The van der Waals surface area contributed by atoms with Crippen LogP contribution in [0.15, 0.2) is 0 Å². The van der Waals surface area contributed by atoms with Crippen LogP contribution in [0.1, 0.15) is 105 Å². The van der Waals surface area contributed by atoms with Crippen LogP contribution in [0.25, 0.3) is 0 Å². The molecule has 0 aromatic rings. The van der Waals surface area contributed by atoms with E-state index in [2.05, 4.69) is 20.8 Å². The van der Waals surface area contributed by atoms with Crippen LogP contribution in [0.5, 0.6) is 0 Å². The highest BCUT2D eigenvalue weighted by molar-refractivity contribution is 5.72. The molecule has 25 heavy (non-hydrogen) atoms. The van der Waals surface area contributed by atoms with Gasteiger partial charge in [-0.05, 0) is 38.5 Å². The van der Waals surface area contributed by atoms with Crippen molar-refractivity contribution in [3.63, 3.8) is 0 Å². The van der Waals surface area contributed by atoms with Crippen molar-refractivity contribution in [2.45, 2.75) is 111 Å². The Morgan fingerprint density at radius 1 is 0.760 bits per heavy atom. The molecule has 0 fully saturated rings. The molecule has 0 aromatic heterocycles. The fourth-order valence-corrected chi connectivity index (χ4v) is 2.81. The highest BCUT2D eigenvalue weighted by Gasteiger charge is 2.12. The van der Waals surface area contributed by atoms with Crippen LogP contribution in [0.4, 0.5) is 0 Å². The van der Waals surface area contributed by atoms with Gasteiger partial charge in [0.1, 0.15) is 0 Å². The molecule has 0 aliphatic heterocycles. The highest BCUT2D eigenvalue weighted by Crippen LogP contribution is 2.12. The molecule has 2 atom stereocenters. The summed E-state index contributed by atoms with van der Waals surface area (Å²) in [6.07, 6.45) is 11.6. The van der Waals surface area contributed by atoms with Gasteiger partial charge in [0.15, 0.2) is 0 Å². The van der Waals surface area contributed by atoms with E-state index >= 15 is 0 Å². The summed E-state index contributed by atoms with van der Waals surface area (Å²) in [5.74, 6) is -0.0109. The molecule has 0 saturated heterocycles. The van der Waals surface area contributed by atoms with Gasteiger partial charge in [0.25, 0.3) is 0 Å². The van der Waals surface area contributed by atoms with E-state index in [4.69, 9.17) is 9.47 Å². The molecule has 0 rings (SSSR count). The third kappa shape index (κ3) is 16.2. The van der Waals surface area contributed by atoms with Crippen LogP contribution >= 0.6 is 0 Å². The topological polar surface area (TPSA) is 52.6 Å². The van der Waals surface area contributed by atoms with Gasteiger partial charge in [0, 0.05) is 12.8 Å². The number of hydrogen-bond acceptors (Lipinski definition) is 4. The number of carbonyl (C=O) groups is 2. The Kier molecular flexibility index (Phi) is 15.7. The van der Waals surface area contributed by atoms with Crippen molar-refractivity contribution >= 4 is 11.9 Å². The first-order valence-corrected chi connectivity index (χ1v) is 10.3. The van der Waals surface area contributed by atoms with Gasteiger partial charge in [-0.3, -0.25) is 9.59 Å². The Bertz CT molecular complexity index is 341. The Balaban J connectivity index is 3.60. The fourth-order valence-electron chi connectivity index (χ4n) is 2.81. The van der Waals surface area contributed by atoms with Crippen LogP contribution in [0.3, 0.4) is 0 Å². The minimum Gasteiger partial charge on any atom is -0.465 e. The number of ether oxygens (including phenoxy) is 2. The van der Waals surface area contributed by atoms with Gasteiger partial charge in [-0.1, -0.05) is 59.3 Å². The van der Waals surface area contributed by atoms with E-state index < -0.39 is 0 Å². The van der Waals surface area contributed by atoms with Crippen molar-refractivity contribution in [3.05, 3.63) is 0 Å². The van der Waals surface area contributed by atoms with Gasteiger partial charge < -0.3 is 9.47 Å². The number of unbranched alkanes of at least 4 members (excludes halogenated alkanes) is 5. The quantitative estimate of drug-likeness (QED) is 0.258. The minimum atomic E-state index is -0.212. The van der Waals surface area contributed by atoms with Crippen LogP contribution in [-0.4, -0.2) is 24.6 Å². The monoisotopic (exact) mass is 356 g/mol. The zero-order valence-electron chi connectivity index (χ0n) is 17.0. The van der Waals surface area contributed by atoms with Crippen LogP contribution < -0.4 is 0 Å². The van der Waals surface area contributed by atoms with E-state index in [1.807, 2.05) is 6.92 Å². The van der Waals surface area contributed by atoms with Crippen molar-refractivity contribution in [3.8, 4) is 0 Å². The molecule has 148 valence electrons. The predicted octanol–water partition coefficient (Wildman–Crippen LogP) is 5.82. The molecule has 0 N–H and O–H groups in total. The molecule has 0 amide bonds. The summed E-state index contributed by atoms with van der Waals surface area (Å²) in [6.45, 7) is 8.85. The lowest BCUT2D eigenvalue weighted by molar-refractivity contribution is -0.149. The molecule has 0 saturated carbocycles. The summed E-state index contributed by atoms with van der Waals surface area (Å²) in [7, 11) is 0. The predicted molar refractivity (Wildman–Crippen MR) is 102 cm³/mol. The Morgan fingerprint density at radius 2 is 1.40 bits per heavy atom. The van der Waals surface area contributed by atoms with Gasteiger partial charge in [0.2, 0.25) is 0 Å². The lowest BCUT2D eigenvalue weighted by Gasteiger charge is -2.13. The first-order chi connectivity index (χ1) is 12.0. The summed E-state index contributed by atoms with van der Waals surface area (Å²) < 4.78 is 10.6. The standard InChI is InChI=1S/C21H40O4/c1-5-7-8-9-10-11-14-19(4)25-21(23)16-12-15-20(22)24-17-18(3)13-6-2/h18-19H,5-17H2,1-4H3. The lowest BCUT2D eigenvalue weighted by Crippen LogP contribution is -2.16. The number of rotatable bonds is 16. The van der Waals surface area contributed by atoms with Crippen molar-refractivity contribution in [2.24, 2.45) is 5.92 Å². The van der Waals surface area contributed by atoms with E-state index in [-0.39, 0.29) is 18.0 Å². The molecular weight excluding hydrogens is 316 g/mol. The Hall–Kier alpha value is -1.06. The summed E-state index contributed by atoms with van der Waals surface area (Å²) >= 11 is 0. The third-order valence-corrected chi connectivity index (χ3v) is 4.37. The normalized spacial score (nSPS) is 13.3. The highest BCUT2D eigenvalue weighted by atomic mass is 16.5. The van der Waals surface area contributed by atoms with Crippen molar-refractivity contribution in [1.82, 2.24) is 0 Å². The molecule has 0 bridgehead atoms. The Labute approximate surface area is 155 Å². The average molecular weight is 357 g/mol. The van der Waals surface area contributed by atoms with E-state index in [1.165, 1.54) is 32.1 Å². The molecule has 4 nitrogen and oxygen atoms in total. The SMILES string of the molecule is CCCCCCCCC(C)OC(=O)CCCC(=O)OCC(C)CCC. The van der Waals surface area contributed by atoms with Crippen molar-refractivity contribution in [1.29, 1.82) is 0 Å². The minimum absolute atomic E-state index is 0.0273. The smallest absolute Gasteiger partial charge is 0.306 e. The average Bonchev–Trinajstić information content (AvgIpc) is 2.56. The first-order valence-electron chi connectivity index (χ1n) is 10.3. The molecule has 0 spiro atoms. The first kappa shape index (κ1) is 23.9.